The fraction of sp³-hybridized carbons (Fsp3) is 0.697. The number of fused-ring (bicyclic) bond motifs is 1. The third-order valence-corrected chi connectivity index (χ3v) is 20.1. The zero-order valence-corrected chi connectivity index (χ0v) is 72.0. The Balaban J connectivity index is 0.0000684. The molecular weight excluding hydrogens is 1610 g/mol. The average molecular weight is 1720 g/mol. The first-order valence-corrected chi connectivity index (χ1v) is 36.1. The quantitative estimate of drug-likeness (QED) is 0.0127. The molecule has 42 heteroatoms. The van der Waals surface area contributed by atoms with Crippen molar-refractivity contribution in [3.63, 3.8) is 0 Å². The Morgan fingerprint density at radius 3 is 0.661 bits per heavy atom. The Labute approximate surface area is 706 Å². The smallest absolute Gasteiger partial charge is 0.577 e. The third kappa shape index (κ3) is 28.2. The zero-order chi connectivity index (χ0) is 89.0. The van der Waals surface area contributed by atoms with Crippen LogP contribution >= 0.6 is 9.90 Å². The fourth-order valence-corrected chi connectivity index (χ4v) is 9.02. The molecule has 15 N–H and O–H groups in total. The molecule has 0 aromatic heterocycles. The maximum atomic E-state index is 15.6. The molecule has 0 spiro atoms. The van der Waals surface area contributed by atoms with Gasteiger partial charge in [-0.25, -0.2) is 4.79 Å². The van der Waals surface area contributed by atoms with Gasteiger partial charge >= 0.3 is 101 Å². The van der Waals surface area contributed by atoms with Gasteiger partial charge in [-0.15, -0.1) is 0 Å². The van der Waals surface area contributed by atoms with E-state index in [0.717, 1.165) is 83.1 Å². The van der Waals surface area contributed by atoms with E-state index in [1.165, 1.54) is 12.1 Å². The van der Waals surface area contributed by atoms with E-state index in [1.54, 1.807) is 30.3 Å². The van der Waals surface area contributed by atoms with Crippen molar-refractivity contribution in [3.05, 3.63) is 48.0 Å². The number of hydrogen-bond acceptors (Lipinski definition) is 40. The summed E-state index contributed by atoms with van der Waals surface area (Å²) in [6.07, 6.45) is -1.23. The third-order valence-electron chi connectivity index (χ3n) is 20.1. The second-order valence-electron chi connectivity index (χ2n) is 32.6. The monoisotopic (exact) mass is 1720 g/mol. The van der Waals surface area contributed by atoms with Crippen LogP contribution in [0.25, 0.3) is 10.8 Å². The zero-order valence-electron chi connectivity index (χ0n) is 68.8. The largest absolute Gasteiger partial charge is 1.00 e. The van der Waals surface area contributed by atoms with E-state index in [2.05, 4.69) is 0 Å². The van der Waals surface area contributed by atoms with Gasteiger partial charge in [0.15, 0.2) is 0 Å². The minimum atomic E-state index is -2.92. The topological polar surface area (TPSA) is 636 Å². The molecule has 118 heavy (non-hydrogen) atoms. The molecule has 0 aliphatic rings. The molecule has 0 radical (unpaired) electrons. The normalized spacial score (nSPS) is 13.6. The predicted molar refractivity (Wildman–Crippen MR) is 400 cm³/mol. The van der Waals surface area contributed by atoms with Gasteiger partial charge in [0.2, 0.25) is 0 Å². The Hall–Kier alpha value is -7.16. The van der Waals surface area contributed by atoms with Gasteiger partial charge in [-0.2, -0.15) is 0 Å². The van der Waals surface area contributed by atoms with Crippen LogP contribution < -0.4 is 29.6 Å². The van der Waals surface area contributed by atoms with E-state index in [9.17, 15) is 120 Å². The van der Waals surface area contributed by atoms with Crippen molar-refractivity contribution >= 4 is 98.1 Å². The van der Waals surface area contributed by atoms with Crippen LogP contribution in [0.15, 0.2) is 42.5 Å². The van der Waals surface area contributed by atoms with Gasteiger partial charge < -0.3 is 143 Å². The van der Waals surface area contributed by atoms with E-state index in [-0.39, 0.29) is 45.0 Å². The summed E-state index contributed by atoms with van der Waals surface area (Å²) in [5, 5.41) is 154. The van der Waals surface area contributed by atoms with Crippen LogP contribution in [0.2, 0.25) is 0 Å². The predicted octanol–water partition coefficient (Wildman–Crippen LogP) is -6.79. The molecule has 0 saturated carbocycles. The van der Waals surface area contributed by atoms with E-state index >= 15 is 19.2 Å². The summed E-state index contributed by atoms with van der Waals surface area (Å²) in [5.74, 6) is -18.9. The molecule has 0 amide bonds. The number of esters is 12. The van der Waals surface area contributed by atoms with E-state index in [4.69, 9.17) is 56.8 Å². The molecular formula is C76H116NaO40P. The number of ketones is 1. The van der Waals surface area contributed by atoms with Gasteiger partial charge in [0, 0.05) is 6.42 Å². The van der Waals surface area contributed by atoms with Gasteiger partial charge in [-0.3, -0.25) is 57.5 Å². The Bertz CT molecular complexity index is 3350. The van der Waals surface area contributed by atoms with E-state index in [0.29, 0.717) is 10.8 Å². The van der Waals surface area contributed by atoms with Gasteiger partial charge in [0.25, 0.3) is 0 Å². The molecule has 2 unspecified atom stereocenters. The summed E-state index contributed by atoms with van der Waals surface area (Å²) in [6, 6.07) is 11.2. The number of ether oxygens (including phenoxy) is 12. The molecule has 2 aromatic rings. The molecule has 666 valence electrons. The summed E-state index contributed by atoms with van der Waals surface area (Å²) in [4.78, 5) is 185. The standard InChI is InChI=1S/C76H114O40.Na.H2P/c1-64(36-106-54(95)65(2,21-77)22-78,20-51(92)72(9,35-91)37-105-52(93)50-19-15-17-48-16-13-14-18-49(48)50)53(94)113-44-76(45-114-61(102)73(10,38-107-55(96)66(3,23-79)24-80)39-108-56(97)67(4,25-81)26-82,46-115-62(103)74(11,40-109-57(98)68(5,27-83)28-84)41-110-58(99)69(6,29-85)30-86)47-116-63(104)75(12,42-111-59(100)70(7,31-87)32-88)43-112-60(101)71(8,33-89)34-90;;/h13-19,77-91H,20-47H2,1-12H3;;1H2/q;+1;-1. The van der Waals surface area contributed by atoms with Crippen molar-refractivity contribution in [2.24, 2.45) is 70.4 Å². The molecule has 0 aliphatic heterocycles. The van der Waals surface area contributed by atoms with Crippen LogP contribution in [-0.4, -0.2) is 332 Å². The van der Waals surface area contributed by atoms with Crippen molar-refractivity contribution in [1.29, 1.82) is 0 Å². The number of benzene rings is 2. The summed E-state index contributed by atoms with van der Waals surface area (Å²) in [6.45, 7) is -20.9. The summed E-state index contributed by atoms with van der Waals surface area (Å²) >= 11 is 0. The van der Waals surface area contributed by atoms with Gasteiger partial charge in [0.1, 0.15) is 150 Å². The summed E-state index contributed by atoms with van der Waals surface area (Å²) < 4.78 is 67.1. The first-order chi connectivity index (χ1) is 53.9. The molecule has 0 fully saturated rings. The Kier molecular flexibility index (Phi) is 44.4. The molecule has 2 aromatic carbocycles. The minimum absolute atomic E-state index is 0. The second kappa shape index (κ2) is 47.3. The molecule has 0 saturated heterocycles. The number of hydrogen-bond donors (Lipinski definition) is 15. The number of Topliss-reactive ketones (excluding diaryl/α,β-unsaturated/α-hetero) is 1. The fourth-order valence-electron chi connectivity index (χ4n) is 9.02. The molecule has 2 rings (SSSR count). The molecule has 2 atom stereocenters. The van der Waals surface area contributed by atoms with Crippen LogP contribution in [0, 0.1) is 70.4 Å². The summed E-state index contributed by atoms with van der Waals surface area (Å²) in [5.41, 5.74) is -30.6. The SMILES string of the molecule is CC(CO)(COC(=O)c1cccc2ccccc12)C(=O)CC(C)(COC(=O)C(C)(CO)CO)C(=O)OCC(COC(=O)C(C)(COC(=O)C(C)(CO)CO)COC(=O)C(C)(CO)CO)(COC(=O)C(C)(COC(=O)C(C)(CO)CO)COC(=O)C(C)(CO)CO)COC(=O)C(C)(COC(=O)C(C)(CO)CO)COC(=O)C(C)(CO)CO.[Na+].[PH2-]. The molecule has 0 aliphatic carbocycles. The molecule has 0 heterocycles. The first-order valence-electron chi connectivity index (χ1n) is 36.1. The van der Waals surface area contributed by atoms with Crippen molar-refractivity contribution < 1.29 is 225 Å². The van der Waals surface area contributed by atoms with E-state index < -0.39 is 333 Å². The van der Waals surface area contributed by atoms with Crippen LogP contribution in [0.5, 0.6) is 0 Å². The first kappa shape index (κ1) is 111. The van der Waals surface area contributed by atoms with Gasteiger partial charge in [-0.1, -0.05) is 36.4 Å². The van der Waals surface area contributed by atoms with Crippen molar-refractivity contribution in [2.45, 2.75) is 89.5 Å². The maximum Gasteiger partial charge on any atom is 1.00 e. The van der Waals surface area contributed by atoms with Gasteiger partial charge in [-0.05, 0) is 99.9 Å². The Morgan fingerprint density at radius 2 is 0.424 bits per heavy atom. The van der Waals surface area contributed by atoms with Crippen LogP contribution in [-0.2, 0) is 114 Å². The maximum absolute atomic E-state index is 15.6. The second-order valence-corrected chi connectivity index (χ2v) is 32.6. The number of carbonyl (C=O) groups excluding carboxylic acids is 13. The number of aliphatic hydroxyl groups excluding tert-OH is 15. The van der Waals surface area contributed by atoms with Crippen LogP contribution in [0.4, 0.5) is 0 Å². The van der Waals surface area contributed by atoms with Gasteiger partial charge in [0.05, 0.1) is 110 Å². The average Bonchev–Trinajstić information content (AvgIpc) is 0.802. The Morgan fingerprint density at radius 1 is 0.237 bits per heavy atom. The van der Waals surface area contributed by atoms with E-state index in [1.807, 2.05) is 0 Å². The molecule has 0 bridgehead atoms. The number of aliphatic hydroxyl groups is 15. The van der Waals surface area contributed by atoms with Crippen molar-refractivity contribution in [2.75, 3.05) is 178 Å². The number of rotatable bonds is 54. The van der Waals surface area contributed by atoms with Crippen molar-refractivity contribution in [3.8, 4) is 0 Å². The van der Waals surface area contributed by atoms with Crippen LogP contribution in [0.3, 0.4) is 0 Å². The number of carbonyl (C=O) groups is 13. The minimum Gasteiger partial charge on any atom is -0.577 e. The molecule has 40 nitrogen and oxygen atoms in total. The van der Waals surface area contributed by atoms with Crippen LogP contribution in [0.1, 0.15) is 99.9 Å². The van der Waals surface area contributed by atoms with Crippen molar-refractivity contribution in [1.82, 2.24) is 0 Å². The summed E-state index contributed by atoms with van der Waals surface area (Å²) in [7, 11) is 0.